The third-order valence-corrected chi connectivity index (χ3v) is 6.62. The minimum Gasteiger partial charge on any atom is -0.383 e. The number of amides is 1. The predicted molar refractivity (Wildman–Crippen MR) is 142 cm³/mol. The van der Waals surface area contributed by atoms with Crippen molar-refractivity contribution in [2.75, 3.05) is 24.3 Å². The maximum absolute atomic E-state index is 13.0. The average Bonchev–Trinajstić information content (AvgIpc) is 3.59. The summed E-state index contributed by atoms with van der Waals surface area (Å²) < 4.78 is 9.14. The van der Waals surface area contributed by atoms with E-state index < -0.39 is 5.91 Å². The number of nitrogens with one attached hydrogen (secondary N) is 1. The number of nitrogen functional groups attached to an aromatic ring is 1. The van der Waals surface area contributed by atoms with E-state index >= 15 is 0 Å². The Morgan fingerprint density at radius 3 is 2.59 bits per heavy atom. The fourth-order valence-corrected chi connectivity index (χ4v) is 4.74. The van der Waals surface area contributed by atoms with Crippen LogP contribution in [0.3, 0.4) is 0 Å². The molecule has 0 spiro atoms. The summed E-state index contributed by atoms with van der Waals surface area (Å²) in [6.07, 6.45) is 6.07. The smallest absolute Gasteiger partial charge is 0.267 e. The molecule has 9 heteroatoms. The standard InChI is InChI=1S/C28H24N6O3/c29-25-24-23(15-34(21-12-14-37-16-21)26(24)31-17-30-25)18-8-10-19(11-9-18)32-27(35)22-7-4-13-33(28(22)36)20-5-2-1-3-6-20/h1-11,13,15,17,21H,12,14,16H2,(H,32,35)(H2,29,30,31)/t21-/m1/s1. The Hall–Kier alpha value is -4.76. The molecule has 0 saturated carbocycles. The lowest BCUT2D eigenvalue weighted by Crippen LogP contribution is -2.27. The molecule has 1 fully saturated rings. The first-order valence-electron chi connectivity index (χ1n) is 12.0. The highest BCUT2D eigenvalue weighted by atomic mass is 16.5. The Morgan fingerprint density at radius 2 is 1.84 bits per heavy atom. The zero-order valence-corrected chi connectivity index (χ0v) is 19.9. The Morgan fingerprint density at radius 1 is 1.03 bits per heavy atom. The van der Waals surface area contributed by atoms with Crippen LogP contribution in [0.5, 0.6) is 0 Å². The van der Waals surface area contributed by atoms with Gasteiger partial charge in [-0.2, -0.15) is 0 Å². The van der Waals surface area contributed by atoms with Crippen LogP contribution in [0.1, 0.15) is 22.8 Å². The van der Waals surface area contributed by atoms with Gasteiger partial charge in [-0.05, 0) is 48.4 Å². The van der Waals surface area contributed by atoms with Gasteiger partial charge in [0.25, 0.3) is 11.5 Å². The molecule has 0 aliphatic carbocycles. The first-order valence-corrected chi connectivity index (χ1v) is 12.0. The van der Waals surface area contributed by atoms with Gasteiger partial charge >= 0.3 is 0 Å². The van der Waals surface area contributed by atoms with Gasteiger partial charge in [0.2, 0.25) is 0 Å². The van der Waals surface area contributed by atoms with E-state index in [1.807, 2.05) is 48.7 Å². The number of ether oxygens (including phenoxy) is 1. The number of para-hydroxylation sites is 1. The highest BCUT2D eigenvalue weighted by Crippen LogP contribution is 2.36. The highest BCUT2D eigenvalue weighted by Gasteiger charge is 2.23. The van der Waals surface area contributed by atoms with E-state index in [4.69, 9.17) is 10.5 Å². The SMILES string of the molecule is Nc1ncnc2c1c(-c1ccc(NC(=O)c3cccn(-c4ccccc4)c3=O)cc1)cn2[C@@H]1CCOC1. The van der Waals surface area contributed by atoms with Crippen LogP contribution in [0.25, 0.3) is 27.8 Å². The number of hydrogen-bond donors (Lipinski definition) is 2. The molecule has 184 valence electrons. The number of anilines is 2. The molecule has 3 N–H and O–H groups in total. The second-order valence-corrected chi connectivity index (χ2v) is 8.89. The van der Waals surface area contributed by atoms with Gasteiger partial charge in [-0.25, -0.2) is 9.97 Å². The van der Waals surface area contributed by atoms with Gasteiger partial charge in [0.1, 0.15) is 23.4 Å². The molecule has 5 aromatic rings. The van der Waals surface area contributed by atoms with Crippen molar-refractivity contribution < 1.29 is 9.53 Å². The van der Waals surface area contributed by atoms with Crippen LogP contribution in [-0.2, 0) is 4.74 Å². The van der Waals surface area contributed by atoms with Crippen molar-refractivity contribution in [3.05, 3.63) is 101 Å². The molecule has 0 radical (unpaired) electrons. The lowest BCUT2D eigenvalue weighted by atomic mass is 10.1. The number of hydrogen-bond acceptors (Lipinski definition) is 6. The summed E-state index contributed by atoms with van der Waals surface area (Å²) in [5.74, 6) is -0.0627. The molecule has 0 bridgehead atoms. The molecule has 1 atom stereocenters. The highest BCUT2D eigenvalue weighted by molar-refractivity contribution is 6.04. The number of nitrogens with zero attached hydrogens (tertiary/aromatic N) is 4. The van der Waals surface area contributed by atoms with Crippen LogP contribution in [0, 0.1) is 0 Å². The quantitative estimate of drug-likeness (QED) is 0.382. The van der Waals surface area contributed by atoms with Gasteiger partial charge in [-0.3, -0.25) is 14.2 Å². The molecule has 6 rings (SSSR count). The van der Waals surface area contributed by atoms with Gasteiger partial charge < -0.3 is 20.4 Å². The molecular weight excluding hydrogens is 468 g/mol. The molecule has 3 aromatic heterocycles. The number of benzene rings is 2. The molecule has 9 nitrogen and oxygen atoms in total. The van der Waals surface area contributed by atoms with E-state index in [9.17, 15) is 9.59 Å². The first-order chi connectivity index (χ1) is 18.1. The minimum atomic E-state index is -0.474. The Kier molecular flexibility index (Phi) is 5.74. The van der Waals surface area contributed by atoms with Crippen molar-refractivity contribution in [3.63, 3.8) is 0 Å². The third kappa shape index (κ3) is 4.15. The summed E-state index contributed by atoms with van der Waals surface area (Å²) in [4.78, 5) is 34.6. The van der Waals surface area contributed by atoms with E-state index in [1.54, 1.807) is 24.4 Å². The number of aromatic nitrogens is 4. The van der Waals surface area contributed by atoms with Crippen LogP contribution in [0.4, 0.5) is 11.5 Å². The van der Waals surface area contributed by atoms with Crippen molar-refractivity contribution >= 4 is 28.4 Å². The molecule has 2 aromatic carbocycles. The van der Waals surface area contributed by atoms with Gasteiger partial charge in [-0.15, -0.1) is 0 Å². The largest absolute Gasteiger partial charge is 0.383 e. The van der Waals surface area contributed by atoms with E-state index in [2.05, 4.69) is 19.9 Å². The number of carbonyl (C=O) groups excluding carboxylic acids is 1. The summed E-state index contributed by atoms with van der Waals surface area (Å²) >= 11 is 0. The van der Waals surface area contributed by atoms with Gasteiger partial charge in [0.05, 0.1) is 18.0 Å². The monoisotopic (exact) mass is 492 g/mol. The normalized spacial score (nSPS) is 15.2. The molecule has 1 saturated heterocycles. The molecule has 0 unspecified atom stereocenters. The lowest BCUT2D eigenvalue weighted by molar-refractivity contribution is 0.102. The number of nitrogens with two attached hydrogens (primary N) is 1. The van der Waals surface area contributed by atoms with Crippen LogP contribution < -0.4 is 16.6 Å². The summed E-state index contributed by atoms with van der Waals surface area (Å²) in [5, 5.41) is 3.62. The van der Waals surface area contributed by atoms with Crippen molar-refractivity contribution in [1.29, 1.82) is 0 Å². The average molecular weight is 493 g/mol. The van der Waals surface area contributed by atoms with E-state index in [0.717, 1.165) is 28.6 Å². The second-order valence-electron chi connectivity index (χ2n) is 8.89. The van der Waals surface area contributed by atoms with Crippen molar-refractivity contribution in [2.24, 2.45) is 0 Å². The predicted octanol–water partition coefficient (Wildman–Crippen LogP) is 4.05. The topological polar surface area (TPSA) is 117 Å². The Labute approximate surface area is 212 Å². The second kappa shape index (κ2) is 9.36. The van der Waals surface area contributed by atoms with Crippen LogP contribution in [-0.4, -0.2) is 38.2 Å². The van der Waals surface area contributed by atoms with E-state index in [1.165, 1.54) is 17.0 Å². The van der Waals surface area contributed by atoms with Gasteiger partial charge in [0.15, 0.2) is 0 Å². The maximum Gasteiger partial charge on any atom is 0.267 e. The summed E-state index contributed by atoms with van der Waals surface area (Å²) in [6.45, 7) is 1.34. The number of rotatable bonds is 5. The van der Waals surface area contributed by atoms with Crippen molar-refractivity contribution in [2.45, 2.75) is 12.5 Å². The van der Waals surface area contributed by atoms with E-state index in [-0.39, 0.29) is 17.2 Å². The Balaban J connectivity index is 1.29. The first kappa shape index (κ1) is 22.7. The van der Waals surface area contributed by atoms with Crippen LogP contribution in [0.2, 0.25) is 0 Å². The summed E-state index contributed by atoms with van der Waals surface area (Å²) in [5.41, 5.74) is 9.78. The zero-order valence-electron chi connectivity index (χ0n) is 19.9. The molecular formula is C28H24N6O3. The fraction of sp³-hybridized carbons (Fsp3) is 0.143. The van der Waals surface area contributed by atoms with Crippen LogP contribution in [0.15, 0.2) is 90.2 Å². The zero-order chi connectivity index (χ0) is 25.4. The summed E-state index contributed by atoms with van der Waals surface area (Å²) in [7, 11) is 0. The van der Waals surface area contributed by atoms with Crippen molar-refractivity contribution in [3.8, 4) is 16.8 Å². The lowest BCUT2D eigenvalue weighted by Gasteiger charge is -2.10. The number of carbonyl (C=O) groups is 1. The molecule has 37 heavy (non-hydrogen) atoms. The number of pyridine rings is 1. The molecule has 1 amide bonds. The molecule has 4 heterocycles. The molecule has 1 aliphatic heterocycles. The minimum absolute atomic E-state index is 0.0576. The van der Waals surface area contributed by atoms with Gasteiger partial charge in [-0.1, -0.05) is 30.3 Å². The van der Waals surface area contributed by atoms with E-state index in [0.29, 0.717) is 30.4 Å². The summed E-state index contributed by atoms with van der Waals surface area (Å²) in [6, 6.07) is 20.0. The van der Waals surface area contributed by atoms with Crippen LogP contribution >= 0.6 is 0 Å². The Bertz CT molecular complexity index is 1650. The fourth-order valence-electron chi connectivity index (χ4n) is 4.74. The maximum atomic E-state index is 13.0. The number of fused-ring (bicyclic) bond motifs is 1. The van der Waals surface area contributed by atoms with Gasteiger partial charge in [0, 0.05) is 35.9 Å². The van der Waals surface area contributed by atoms with Crippen molar-refractivity contribution in [1.82, 2.24) is 19.1 Å². The third-order valence-electron chi connectivity index (χ3n) is 6.62. The molecule has 1 aliphatic rings.